The first-order valence-corrected chi connectivity index (χ1v) is 7.51. The van der Waals surface area contributed by atoms with Crippen LogP contribution in [-0.2, 0) is 22.6 Å². The normalized spacial score (nSPS) is 10.7. The monoisotopic (exact) mass is 327 g/mol. The lowest BCUT2D eigenvalue weighted by atomic mass is 10.1. The third-order valence-corrected chi connectivity index (χ3v) is 3.66. The maximum absolute atomic E-state index is 12.4. The molecule has 0 aliphatic carbocycles. The van der Waals surface area contributed by atoms with Crippen LogP contribution in [0.5, 0.6) is 0 Å². The van der Waals surface area contributed by atoms with E-state index in [1.807, 2.05) is 48.5 Å². The maximum Gasteiger partial charge on any atom is 0.418 e. The van der Waals surface area contributed by atoms with Crippen molar-refractivity contribution in [3.63, 3.8) is 0 Å². The van der Waals surface area contributed by atoms with Gasteiger partial charge in [-0.3, -0.25) is 9.36 Å². The Morgan fingerprint density at radius 3 is 2.43 bits per heavy atom. The zero-order chi connectivity index (χ0) is 16.2. The fourth-order valence-electron chi connectivity index (χ4n) is 2.48. The van der Waals surface area contributed by atoms with E-state index in [4.69, 9.17) is 16.3 Å². The molecule has 0 saturated carbocycles. The summed E-state index contributed by atoms with van der Waals surface area (Å²) in [7, 11) is 0. The van der Waals surface area contributed by atoms with Gasteiger partial charge >= 0.3 is 6.09 Å². The van der Waals surface area contributed by atoms with Crippen LogP contribution in [0.25, 0.3) is 10.9 Å². The second-order valence-electron chi connectivity index (χ2n) is 5.11. The highest BCUT2D eigenvalue weighted by Crippen LogP contribution is 2.22. The second kappa shape index (κ2) is 6.67. The number of aromatic nitrogens is 1. The van der Waals surface area contributed by atoms with Crippen LogP contribution in [0.4, 0.5) is 4.79 Å². The highest BCUT2D eigenvalue weighted by atomic mass is 35.5. The molecule has 0 bridgehead atoms. The van der Waals surface area contributed by atoms with Crippen LogP contribution in [0.15, 0.2) is 60.8 Å². The van der Waals surface area contributed by atoms with Crippen molar-refractivity contribution >= 4 is 33.8 Å². The summed E-state index contributed by atoms with van der Waals surface area (Å²) in [4.78, 5) is 23.5. The molecule has 0 N–H and O–H groups in total. The van der Waals surface area contributed by atoms with Gasteiger partial charge in [-0.25, -0.2) is 4.79 Å². The van der Waals surface area contributed by atoms with Gasteiger partial charge in [0.2, 0.25) is 5.24 Å². The van der Waals surface area contributed by atoms with Gasteiger partial charge in [0.15, 0.2) is 0 Å². The van der Waals surface area contributed by atoms with Crippen LogP contribution in [-0.4, -0.2) is 15.9 Å². The standard InChI is InChI=1S/C18H14ClNO3/c19-17(21)10-14-11-20(16-9-5-4-8-15(14)16)18(22)23-12-13-6-2-1-3-7-13/h1-9,11H,10,12H2. The zero-order valence-electron chi connectivity index (χ0n) is 12.2. The number of fused-ring (bicyclic) bond motifs is 1. The first kappa shape index (κ1) is 15.3. The summed E-state index contributed by atoms with van der Waals surface area (Å²) in [5.74, 6) is 0. The number of para-hydroxylation sites is 1. The number of ether oxygens (including phenoxy) is 1. The van der Waals surface area contributed by atoms with Crippen molar-refractivity contribution in [3.8, 4) is 0 Å². The average Bonchev–Trinajstić information content (AvgIpc) is 2.92. The van der Waals surface area contributed by atoms with Crippen molar-refractivity contribution < 1.29 is 14.3 Å². The summed E-state index contributed by atoms with van der Waals surface area (Å²) in [6, 6.07) is 16.8. The highest BCUT2D eigenvalue weighted by molar-refractivity contribution is 6.63. The summed E-state index contributed by atoms with van der Waals surface area (Å²) in [6.45, 7) is 0.190. The lowest BCUT2D eigenvalue weighted by Gasteiger charge is -2.06. The number of carbonyl (C=O) groups excluding carboxylic acids is 2. The number of carbonyl (C=O) groups is 2. The number of rotatable bonds is 4. The third-order valence-electron chi connectivity index (χ3n) is 3.53. The molecular formula is C18H14ClNO3. The molecule has 1 aromatic heterocycles. The quantitative estimate of drug-likeness (QED) is 0.677. The molecule has 1 heterocycles. The number of benzene rings is 2. The Morgan fingerprint density at radius 2 is 1.70 bits per heavy atom. The van der Waals surface area contributed by atoms with E-state index in [0.717, 1.165) is 10.9 Å². The topological polar surface area (TPSA) is 48.3 Å². The van der Waals surface area contributed by atoms with E-state index in [-0.39, 0.29) is 13.0 Å². The average molecular weight is 328 g/mol. The smallest absolute Gasteiger partial charge is 0.418 e. The van der Waals surface area contributed by atoms with Crippen molar-refractivity contribution in [2.75, 3.05) is 0 Å². The van der Waals surface area contributed by atoms with Crippen LogP contribution in [0.1, 0.15) is 11.1 Å². The molecule has 0 saturated heterocycles. The molecule has 0 spiro atoms. The fourth-order valence-corrected chi connectivity index (χ4v) is 2.62. The van der Waals surface area contributed by atoms with Gasteiger partial charge in [0.1, 0.15) is 6.61 Å². The summed E-state index contributed by atoms with van der Waals surface area (Å²) in [5.41, 5.74) is 2.31. The molecule has 0 unspecified atom stereocenters. The molecule has 3 aromatic rings. The molecule has 4 nitrogen and oxygen atoms in total. The molecule has 0 aliphatic rings. The first-order valence-electron chi connectivity index (χ1n) is 7.13. The molecular weight excluding hydrogens is 314 g/mol. The molecule has 0 aliphatic heterocycles. The minimum Gasteiger partial charge on any atom is -0.444 e. The number of hydrogen-bond acceptors (Lipinski definition) is 3. The largest absolute Gasteiger partial charge is 0.444 e. The van der Waals surface area contributed by atoms with Crippen LogP contribution in [0, 0.1) is 0 Å². The molecule has 0 fully saturated rings. The van der Waals surface area contributed by atoms with Gasteiger partial charge in [-0.05, 0) is 28.8 Å². The van der Waals surface area contributed by atoms with Crippen LogP contribution < -0.4 is 0 Å². The second-order valence-corrected chi connectivity index (χ2v) is 5.54. The Morgan fingerprint density at radius 1 is 1.00 bits per heavy atom. The summed E-state index contributed by atoms with van der Waals surface area (Å²) >= 11 is 5.48. The first-order chi connectivity index (χ1) is 11.1. The highest BCUT2D eigenvalue weighted by Gasteiger charge is 2.15. The van der Waals surface area contributed by atoms with Gasteiger partial charge in [0.25, 0.3) is 0 Å². The molecule has 116 valence electrons. The lowest BCUT2D eigenvalue weighted by molar-refractivity contribution is -0.111. The van der Waals surface area contributed by atoms with E-state index in [2.05, 4.69) is 0 Å². The molecule has 0 amide bonds. The summed E-state index contributed by atoms with van der Waals surface area (Å²) in [5, 5.41) is 0.351. The Balaban J connectivity index is 1.86. The van der Waals surface area contributed by atoms with Crippen molar-refractivity contribution in [1.82, 2.24) is 4.57 Å². The maximum atomic E-state index is 12.4. The molecule has 2 aromatic carbocycles. The number of nitrogens with zero attached hydrogens (tertiary/aromatic N) is 1. The van der Waals surface area contributed by atoms with E-state index >= 15 is 0 Å². The predicted molar refractivity (Wildman–Crippen MR) is 88.5 cm³/mol. The van der Waals surface area contributed by atoms with E-state index < -0.39 is 11.3 Å². The lowest BCUT2D eigenvalue weighted by Crippen LogP contribution is -2.12. The van der Waals surface area contributed by atoms with Gasteiger partial charge in [-0.15, -0.1) is 0 Å². The van der Waals surface area contributed by atoms with E-state index in [1.165, 1.54) is 4.57 Å². The van der Waals surface area contributed by atoms with Gasteiger partial charge in [-0.1, -0.05) is 48.5 Å². The van der Waals surface area contributed by atoms with Gasteiger partial charge < -0.3 is 4.74 Å². The zero-order valence-corrected chi connectivity index (χ0v) is 13.0. The van der Waals surface area contributed by atoms with E-state index in [1.54, 1.807) is 12.3 Å². The molecule has 0 radical (unpaired) electrons. The van der Waals surface area contributed by atoms with Crippen molar-refractivity contribution in [3.05, 3.63) is 71.9 Å². The third kappa shape index (κ3) is 3.43. The Bertz CT molecular complexity index is 855. The molecule has 5 heteroatoms. The van der Waals surface area contributed by atoms with Crippen LogP contribution in [0.3, 0.4) is 0 Å². The van der Waals surface area contributed by atoms with Crippen molar-refractivity contribution in [2.45, 2.75) is 13.0 Å². The van der Waals surface area contributed by atoms with E-state index in [0.29, 0.717) is 11.1 Å². The molecule has 3 rings (SSSR count). The predicted octanol–water partition coefficient (Wildman–Crippen LogP) is 4.13. The number of halogens is 1. The summed E-state index contributed by atoms with van der Waals surface area (Å²) in [6.07, 6.45) is 1.19. The van der Waals surface area contributed by atoms with Gasteiger partial charge in [0.05, 0.1) is 5.52 Å². The Labute approximate surface area is 138 Å². The van der Waals surface area contributed by atoms with Crippen molar-refractivity contribution in [2.24, 2.45) is 0 Å². The van der Waals surface area contributed by atoms with Crippen molar-refractivity contribution in [1.29, 1.82) is 0 Å². The Hall–Kier alpha value is -2.59. The van der Waals surface area contributed by atoms with Gasteiger partial charge in [0, 0.05) is 18.0 Å². The molecule has 0 atom stereocenters. The fraction of sp³-hybridized carbons (Fsp3) is 0.111. The SMILES string of the molecule is O=C(Cl)Cc1cn(C(=O)OCc2ccccc2)c2ccccc12. The van der Waals surface area contributed by atoms with E-state index in [9.17, 15) is 9.59 Å². The minimum absolute atomic E-state index is 0.0705. The molecule has 23 heavy (non-hydrogen) atoms. The number of hydrogen-bond donors (Lipinski definition) is 0. The van der Waals surface area contributed by atoms with Crippen LogP contribution in [0.2, 0.25) is 0 Å². The minimum atomic E-state index is -0.488. The summed E-state index contributed by atoms with van der Waals surface area (Å²) < 4.78 is 6.76. The van der Waals surface area contributed by atoms with Gasteiger partial charge in [-0.2, -0.15) is 0 Å². The van der Waals surface area contributed by atoms with Crippen LogP contribution >= 0.6 is 11.6 Å². The Kier molecular flexibility index (Phi) is 4.44.